The Hall–Kier alpha value is -2.38. The second-order valence-corrected chi connectivity index (χ2v) is 4.50. The highest BCUT2D eigenvalue weighted by atomic mass is 35.5. The van der Waals surface area contributed by atoms with Crippen molar-refractivity contribution in [3.63, 3.8) is 0 Å². The molecule has 0 bridgehead atoms. The van der Waals surface area contributed by atoms with Gasteiger partial charge in [0.15, 0.2) is 0 Å². The molecular weight excluding hydrogens is 274 g/mol. The zero-order valence-corrected chi connectivity index (χ0v) is 11.4. The van der Waals surface area contributed by atoms with Crippen LogP contribution in [-0.2, 0) is 6.54 Å². The van der Waals surface area contributed by atoms with E-state index in [4.69, 9.17) is 16.9 Å². The van der Waals surface area contributed by atoms with Crippen LogP contribution in [0.3, 0.4) is 0 Å². The van der Waals surface area contributed by atoms with Crippen LogP contribution in [0, 0.1) is 11.3 Å². The number of hydrogen-bond acceptors (Lipinski definition) is 3. The van der Waals surface area contributed by atoms with Gasteiger partial charge in [-0.15, -0.1) is 0 Å². The average molecular weight is 286 g/mol. The molecule has 20 heavy (non-hydrogen) atoms. The van der Waals surface area contributed by atoms with Gasteiger partial charge in [-0.2, -0.15) is 5.26 Å². The Morgan fingerprint density at radius 2 is 2.00 bits per heavy atom. The fourth-order valence-electron chi connectivity index (χ4n) is 1.80. The van der Waals surface area contributed by atoms with E-state index in [2.05, 4.69) is 4.98 Å². The smallest absolute Gasteiger partial charge is 0.258 e. The Balaban J connectivity index is 2.23. The summed E-state index contributed by atoms with van der Waals surface area (Å²) < 4.78 is 0. The van der Waals surface area contributed by atoms with Crippen LogP contribution in [0.1, 0.15) is 15.9 Å². The first-order chi connectivity index (χ1) is 9.72. The van der Waals surface area contributed by atoms with Crippen molar-refractivity contribution in [2.45, 2.75) is 6.54 Å². The number of nitrogens with zero attached hydrogens (tertiary/aromatic N) is 3. The van der Waals surface area contributed by atoms with Crippen LogP contribution in [0.4, 0.5) is 0 Å². The lowest BCUT2D eigenvalue weighted by molar-refractivity contribution is 0.0764. The van der Waals surface area contributed by atoms with Gasteiger partial charge in [-0.25, -0.2) is 4.98 Å². The van der Waals surface area contributed by atoms with Crippen LogP contribution in [-0.4, -0.2) is 22.3 Å². The summed E-state index contributed by atoms with van der Waals surface area (Å²) in [6.07, 6.45) is 1.52. The summed E-state index contributed by atoms with van der Waals surface area (Å²) >= 11 is 5.92. The number of carbonyl (C=O) groups is 1. The number of rotatable bonds is 4. The Bertz CT molecular complexity index is 637. The summed E-state index contributed by atoms with van der Waals surface area (Å²) in [5.74, 6) is -0.298. The van der Waals surface area contributed by atoms with Crippen molar-refractivity contribution < 1.29 is 4.79 Å². The maximum Gasteiger partial charge on any atom is 0.258 e. The quantitative estimate of drug-likeness (QED) is 0.641. The molecule has 0 fully saturated rings. The van der Waals surface area contributed by atoms with Gasteiger partial charge in [0.1, 0.15) is 11.7 Å². The first kappa shape index (κ1) is 14.0. The molecule has 100 valence electrons. The normalized spacial score (nSPS) is 9.80. The van der Waals surface area contributed by atoms with Gasteiger partial charge in [0.2, 0.25) is 0 Å². The van der Waals surface area contributed by atoms with Gasteiger partial charge >= 0.3 is 0 Å². The number of aromatic nitrogens is 1. The molecule has 1 aromatic heterocycles. The van der Waals surface area contributed by atoms with Gasteiger partial charge in [-0.1, -0.05) is 41.9 Å². The van der Waals surface area contributed by atoms with E-state index < -0.39 is 0 Å². The van der Waals surface area contributed by atoms with Crippen LogP contribution >= 0.6 is 11.6 Å². The first-order valence-electron chi connectivity index (χ1n) is 6.03. The molecule has 2 aromatic rings. The second-order valence-electron chi connectivity index (χ2n) is 4.15. The summed E-state index contributed by atoms with van der Waals surface area (Å²) in [5.41, 5.74) is 1.26. The van der Waals surface area contributed by atoms with Crippen LogP contribution in [0.15, 0.2) is 48.7 Å². The molecule has 5 heteroatoms. The minimum atomic E-state index is -0.298. The summed E-state index contributed by atoms with van der Waals surface area (Å²) in [4.78, 5) is 17.7. The molecule has 4 nitrogen and oxygen atoms in total. The van der Waals surface area contributed by atoms with E-state index in [0.717, 1.165) is 5.56 Å². The van der Waals surface area contributed by atoms with Crippen LogP contribution in [0.25, 0.3) is 0 Å². The zero-order chi connectivity index (χ0) is 14.4. The van der Waals surface area contributed by atoms with Crippen molar-refractivity contribution in [3.05, 3.63) is 64.9 Å². The molecule has 0 aliphatic carbocycles. The highest BCUT2D eigenvalue weighted by Crippen LogP contribution is 2.16. The topological polar surface area (TPSA) is 57.0 Å². The van der Waals surface area contributed by atoms with Gasteiger partial charge in [0.05, 0.1) is 11.6 Å². The van der Waals surface area contributed by atoms with E-state index in [0.29, 0.717) is 12.1 Å². The number of pyridine rings is 1. The van der Waals surface area contributed by atoms with Crippen molar-refractivity contribution in [1.82, 2.24) is 9.88 Å². The van der Waals surface area contributed by atoms with Gasteiger partial charge in [-0.3, -0.25) is 4.79 Å². The van der Waals surface area contributed by atoms with Crippen LogP contribution < -0.4 is 0 Å². The molecule has 0 saturated heterocycles. The van der Waals surface area contributed by atoms with E-state index in [1.165, 1.54) is 11.1 Å². The molecule has 2 rings (SSSR count). The van der Waals surface area contributed by atoms with Crippen molar-refractivity contribution in [2.75, 3.05) is 6.54 Å². The molecule has 1 aromatic carbocycles. The molecule has 0 aliphatic heterocycles. The van der Waals surface area contributed by atoms with E-state index in [9.17, 15) is 4.79 Å². The van der Waals surface area contributed by atoms with Gasteiger partial charge in [0.25, 0.3) is 5.91 Å². The van der Waals surface area contributed by atoms with E-state index in [-0.39, 0.29) is 17.6 Å². The molecule has 0 unspecified atom stereocenters. The summed E-state index contributed by atoms with van der Waals surface area (Å²) in [5, 5.41) is 9.03. The second kappa shape index (κ2) is 6.69. The van der Waals surface area contributed by atoms with Crippen molar-refractivity contribution in [3.8, 4) is 6.07 Å². The molecule has 0 saturated carbocycles. The van der Waals surface area contributed by atoms with Gasteiger partial charge in [-0.05, 0) is 17.7 Å². The lowest BCUT2D eigenvalue weighted by atomic mass is 10.2. The predicted octanol–water partition coefficient (Wildman–Crippen LogP) is 2.90. The third-order valence-corrected chi connectivity index (χ3v) is 3.06. The van der Waals surface area contributed by atoms with Crippen molar-refractivity contribution in [2.24, 2.45) is 0 Å². The van der Waals surface area contributed by atoms with Crippen molar-refractivity contribution >= 4 is 17.5 Å². The van der Waals surface area contributed by atoms with Crippen LogP contribution in [0.5, 0.6) is 0 Å². The third kappa shape index (κ3) is 3.34. The Labute approximate surface area is 122 Å². The lowest BCUT2D eigenvalue weighted by Gasteiger charge is -2.20. The van der Waals surface area contributed by atoms with E-state index >= 15 is 0 Å². The number of halogens is 1. The Morgan fingerprint density at radius 3 is 2.65 bits per heavy atom. The SMILES string of the molecule is N#CCN(Cc1ccccc1)C(=O)c1cccnc1Cl. The minimum absolute atomic E-state index is 0.00104. The molecule has 0 N–H and O–H groups in total. The van der Waals surface area contributed by atoms with Crippen molar-refractivity contribution in [1.29, 1.82) is 5.26 Å². The third-order valence-electron chi connectivity index (χ3n) is 2.75. The standard InChI is InChI=1S/C15H12ClN3O/c16-14-13(7-4-9-18-14)15(20)19(10-8-17)11-12-5-2-1-3-6-12/h1-7,9H,10-11H2. The molecular formula is C15H12ClN3O. The highest BCUT2D eigenvalue weighted by Gasteiger charge is 2.18. The largest absolute Gasteiger partial charge is 0.321 e. The monoisotopic (exact) mass is 285 g/mol. The fourth-order valence-corrected chi connectivity index (χ4v) is 2.00. The van der Waals surface area contributed by atoms with Gasteiger partial charge in [0, 0.05) is 12.7 Å². The van der Waals surface area contributed by atoms with Gasteiger partial charge < -0.3 is 4.90 Å². The summed E-state index contributed by atoms with van der Waals surface area (Å²) in [6.45, 7) is 0.359. The maximum atomic E-state index is 12.4. The maximum absolute atomic E-state index is 12.4. The number of benzene rings is 1. The number of nitriles is 1. The zero-order valence-electron chi connectivity index (χ0n) is 10.7. The van der Waals surface area contributed by atoms with E-state index in [1.807, 2.05) is 36.4 Å². The lowest BCUT2D eigenvalue weighted by Crippen LogP contribution is -2.31. The van der Waals surface area contributed by atoms with E-state index in [1.54, 1.807) is 12.1 Å². The number of carbonyl (C=O) groups excluding carboxylic acids is 1. The fraction of sp³-hybridized carbons (Fsp3) is 0.133. The molecule has 1 amide bonds. The summed E-state index contributed by atoms with van der Waals surface area (Å²) in [7, 11) is 0. The average Bonchev–Trinajstić information content (AvgIpc) is 2.48. The Kier molecular flexibility index (Phi) is 4.70. The number of hydrogen-bond donors (Lipinski definition) is 0. The molecule has 0 spiro atoms. The first-order valence-corrected chi connectivity index (χ1v) is 6.41. The molecule has 0 aliphatic rings. The highest BCUT2D eigenvalue weighted by molar-refractivity contribution is 6.32. The molecule has 0 radical (unpaired) electrons. The molecule has 0 atom stereocenters. The summed E-state index contributed by atoms with van der Waals surface area (Å²) in [6, 6.07) is 14.7. The Morgan fingerprint density at radius 1 is 1.25 bits per heavy atom. The molecule has 1 heterocycles. The predicted molar refractivity (Wildman–Crippen MR) is 76.0 cm³/mol. The minimum Gasteiger partial charge on any atom is -0.321 e. The van der Waals surface area contributed by atoms with Crippen LogP contribution in [0.2, 0.25) is 5.15 Å². The number of amides is 1.